The Kier molecular flexibility index (Phi) is 4.40. The van der Waals surface area contributed by atoms with Crippen LogP contribution in [0.3, 0.4) is 0 Å². The van der Waals surface area contributed by atoms with Crippen LogP contribution in [0.1, 0.15) is 40.5 Å². The topological polar surface area (TPSA) is 72.8 Å². The van der Waals surface area contributed by atoms with Crippen LogP contribution in [0.2, 0.25) is 0 Å². The molecule has 25 heavy (non-hydrogen) atoms. The molecule has 3 rings (SSSR count). The lowest BCUT2D eigenvalue weighted by Gasteiger charge is -2.51. The van der Waals surface area contributed by atoms with Gasteiger partial charge in [0.25, 0.3) is 0 Å². The maximum atomic E-state index is 12.3. The lowest BCUT2D eigenvalue weighted by Crippen LogP contribution is -2.57. The maximum absolute atomic E-state index is 12.3. The SMILES string of the molecule is C=C1C(=O)O[C@]23C=C(C)[C@@H](O)C[C@@H]2[C@H](C)C[C@H](OC(=O)/C(C)=C\C)[C@@H]13. The first-order chi connectivity index (χ1) is 11.7. The van der Waals surface area contributed by atoms with Crippen LogP contribution >= 0.6 is 0 Å². The molecule has 1 aliphatic heterocycles. The van der Waals surface area contributed by atoms with Gasteiger partial charge in [0.05, 0.1) is 12.0 Å². The number of hydrogen-bond donors (Lipinski definition) is 1. The third-order valence-electron chi connectivity index (χ3n) is 6.10. The molecule has 5 nitrogen and oxygen atoms in total. The van der Waals surface area contributed by atoms with Crippen LogP contribution in [0.4, 0.5) is 0 Å². The number of ether oxygens (including phenoxy) is 2. The van der Waals surface area contributed by atoms with E-state index in [0.29, 0.717) is 24.0 Å². The zero-order valence-electron chi connectivity index (χ0n) is 15.2. The molecule has 0 radical (unpaired) electrons. The monoisotopic (exact) mass is 346 g/mol. The smallest absolute Gasteiger partial charge is 0.334 e. The van der Waals surface area contributed by atoms with Gasteiger partial charge in [-0.15, -0.1) is 0 Å². The number of aliphatic hydroxyl groups is 1. The van der Waals surface area contributed by atoms with Crippen molar-refractivity contribution in [1.29, 1.82) is 0 Å². The standard InChI is InChI=1S/C20H26O5/c1-6-10(2)18(22)24-16-7-11(3)14-8-15(21)12(4)9-20(14)17(16)13(5)19(23)25-20/h6,9,11,14-17,21H,5,7-8H2,1-4H3/b10-6-/t11-,14-,15+,16+,17-,20-/m1/s1. The van der Waals surface area contributed by atoms with Gasteiger partial charge in [-0.2, -0.15) is 0 Å². The van der Waals surface area contributed by atoms with Crippen molar-refractivity contribution in [3.8, 4) is 0 Å². The van der Waals surface area contributed by atoms with Gasteiger partial charge in [0.1, 0.15) is 11.7 Å². The summed E-state index contributed by atoms with van der Waals surface area (Å²) in [4.78, 5) is 24.6. The van der Waals surface area contributed by atoms with Crippen molar-refractivity contribution in [2.45, 2.75) is 58.3 Å². The largest absolute Gasteiger partial charge is 0.458 e. The highest BCUT2D eigenvalue weighted by Crippen LogP contribution is 2.56. The summed E-state index contributed by atoms with van der Waals surface area (Å²) in [7, 11) is 0. The van der Waals surface area contributed by atoms with Crippen molar-refractivity contribution in [3.05, 3.63) is 35.5 Å². The van der Waals surface area contributed by atoms with Gasteiger partial charge in [-0.05, 0) is 51.2 Å². The Morgan fingerprint density at radius 1 is 1.48 bits per heavy atom. The summed E-state index contributed by atoms with van der Waals surface area (Å²) < 4.78 is 11.6. The van der Waals surface area contributed by atoms with Crippen molar-refractivity contribution < 1.29 is 24.2 Å². The molecule has 0 bridgehead atoms. The van der Waals surface area contributed by atoms with E-state index in [-0.39, 0.29) is 17.8 Å². The van der Waals surface area contributed by atoms with Crippen LogP contribution in [0.25, 0.3) is 0 Å². The van der Waals surface area contributed by atoms with Gasteiger partial charge < -0.3 is 14.6 Å². The van der Waals surface area contributed by atoms with E-state index in [1.54, 1.807) is 19.9 Å². The molecule has 0 aromatic carbocycles. The van der Waals surface area contributed by atoms with E-state index in [4.69, 9.17) is 9.47 Å². The molecule has 136 valence electrons. The number of carbonyl (C=O) groups is 2. The molecule has 3 aliphatic rings. The van der Waals surface area contributed by atoms with Gasteiger partial charge in [-0.25, -0.2) is 9.59 Å². The third-order valence-corrected chi connectivity index (χ3v) is 6.10. The molecule has 1 N–H and O–H groups in total. The molecular formula is C20H26O5. The lowest BCUT2D eigenvalue weighted by atomic mass is 9.57. The van der Waals surface area contributed by atoms with Gasteiger partial charge in [0.15, 0.2) is 0 Å². The van der Waals surface area contributed by atoms with E-state index >= 15 is 0 Å². The van der Waals surface area contributed by atoms with Crippen LogP contribution in [0.5, 0.6) is 0 Å². The molecule has 1 spiro atoms. The van der Waals surface area contributed by atoms with E-state index in [9.17, 15) is 14.7 Å². The first-order valence-corrected chi connectivity index (χ1v) is 8.84. The highest BCUT2D eigenvalue weighted by molar-refractivity contribution is 5.93. The van der Waals surface area contributed by atoms with Crippen LogP contribution in [0.15, 0.2) is 35.5 Å². The highest BCUT2D eigenvalue weighted by Gasteiger charge is 2.64. The van der Waals surface area contributed by atoms with E-state index < -0.39 is 29.7 Å². The van der Waals surface area contributed by atoms with Gasteiger partial charge in [-0.1, -0.05) is 19.6 Å². The number of esters is 2. The fraction of sp³-hybridized carbons (Fsp3) is 0.600. The Hall–Kier alpha value is -1.88. The van der Waals surface area contributed by atoms with E-state index in [2.05, 4.69) is 13.5 Å². The van der Waals surface area contributed by atoms with Gasteiger partial charge >= 0.3 is 11.9 Å². The molecule has 2 aliphatic carbocycles. The second-order valence-electron chi connectivity index (χ2n) is 7.62. The zero-order chi connectivity index (χ0) is 18.5. The summed E-state index contributed by atoms with van der Waals surface area (Å²) >= 11 is 0. The summed E-state index contributed by atoms with van der Waals surface area (Å²) in [6, 6.07) is 0. The van der Waals surface area contributed by atoms with Crippen molar-refractivity contribution in [1.82, 2.24) is 0 Å². The molecule has 6 atom stereocenters. The summed E-state index contributed by atoms with van der Waals surface area (Å²) in [5.74, 6) is -1.10. The van der Waals surface area contributed by atoms with Crippen molar-refractivity contribution in [3.63, 3.8) is 0 Å². The minimum atomic E-state index is -0.871. The number of aliphatic hydroxyl groups excluding tert-OH is 1. The average molecular weight is 346 g/mol. The summed E-state index contributed by atoms with van der Waals surface area (Å²) in [6.07, 6.45) is 3.73. The van der Waals surface area contributed by atoms with Crippen molar-refractivity contribution >= 4 is 11.9 Å². The molecule has 0 aromatic rings. The average Bonchev–Trinajstić information content (AvgIpc) is 2.80. The Morgan fingerprint density at radius 3 is 2.80 bits per heavy atom. The molecular weight excluding hydrogens is 320 g/mol. The van der Waals surface area contributed by atoms with E-state index in [1.807, 2.05) is 13.0 Å². The molecule has 1 saturated carbocycles. The number of allylic oxidation sites excluding steroid dienone is 1. The number of hydrogen-bond acceptors (Lipinski definition) is 5. The van der Waals surface area contributed by atoms with Crippen molar-refractivity contribution in [2.24, 2.45) is 17.8 Å². The maximum Gasteiger partial charge on any atom is 0.334 e. The molecule has 5 heteroatoms. The second-order valence-corrected chi connectivity index (χ2v) is 7.62. The summed E-state index contributed by atoms with van der Waals surface area (Å²) in [6.45, 7) is 11.3. The molecule has 1 heterocycles. The predicted molar refractivity (Wildman–Crippen MR) is 92.4 cm³/mol. The fourth-order valence-electron chi connectivity index (χ4n) is 4.61. The normalized spacial score (nSPS) is 40.8. The number of carbonyl (C=O) groups excluding carboxylic acids is 2. The van der Waals surface area contributed by atoms with Gasteiger partial charge in [0, 0.05) is 17.1 Å². The van der Waals surface area contributed by atoms with Gasteiger partial charge in [0.2, 0.25) is 0 Å². The first kappa shape index (κ1) is 17.9. The summed E-state index contributed by atoms with van der Waals surface area (Å²) in [5, 5.41) is 10.3. The van der Waals surface area contributed by atoms with Gasteiger partial charge in [-0.3, -0.25) is 0 Å². The first-order valence-electron chi connectivity index (χ1n) is 8.84. The lowest BCUT2D eigenvalue weighted by molar-refractivity contribution is -0.172. The quantitative estimate of drug-likeness (QED) is 0.473. The Bertz CT molecular complexity index is 688. The van der Waals surface area contributed by atoms with Crippen LogP contribution in [0, 0.1) is 17.8 Å². The molecule has 2 fully saturated rings. The van der Waals surface area contributed by atoms with Crippen molar-refractivity contribution in [2.75, 3.05) is 0 Å². The minimum absolute atomic E-state index is 0.0165. The Labute approximate surface area is 148 Å². The second kappa shape index (κ2) is 6.13. The van der Waals surface area contributed by atoms with Crippen LogP contribution < -0.4 is 0 Å². The molecule has 1 saturated heterocycles. The Morgan fingerprint density at radius 2 is 2.16 bits per heavy atom. The minimum Gasteiger partial charge on any atom is -0.458 e. The van der Waals surface area contributed by atoms with Crippen LogP contribution in [-0.2, 0) is 19.1 Å². The predicted octanol–water partition coefficient (Wildman–Crippen LogP) is 2.70. The Balaban J connectivity index is 2.03. The molecule has 0 unspecified atom stereocenters. The zero-order valence-corrected chi connectivity index (χ0v) is 15.2. The molecule has 0 aromatic heterocycles. The number of rotatable bonds is 2. The molecule has 0 amide bonds. The highest BCUT2D eigenvalue weighted by atomic mass is 16.6. The van der Waals surface area contributed by atoms with E-state index in [0.717, 1.165) is 5.57 Å². The van der Waals surface area contributed by atoms with E-state index in [1.165, 1.54) is 0 Å². The summed E-state index contributed by atoms with van der Waals surface area (Å²) in [5.41, 5.74) is 0.801. The third kappa shape index (κ3) is 2.65. The van der Waals surface area contributed by atoms with Crippen LogP contribution in [-0.4, -0.2) is 34.9 Å². The fourth-order valence-corrected chi connectivity index (χ4v) is 4.61.